The van der Waals surface area contributed by atoms with Crippen LogP contribution in [0.5, 0.6) is 0 Å². The molecule has 4 rings (SSSR count). The number of aryl methyl sites for hydroxylation is 1. The molecule has 150 valence electrons. The van der Waals surface area contributed by atoms with E-state index >= 15 is 0 Å². The number of hydrogen-bond acceptors (Lipinski definition) is 4. The van der Waals surface area contributed by atoms with Crippen molar-refractivity contribution in [3.8, 4) is 5.69 Å². The smallest absolute Gasteiger partial charge is 0.258 e. The number of carbonyl (C=O) groups excluding carboxylic acids is 1. The largest absolute Gasteiger partial charge is 0.332 e. The van der Waals surface area contributed by atoms with E-state index in [1.54, 1.807) is 29.1 Å². The van der Waals surface area contributed by atoms with Crippen molar-refractivity contribution in [1.29, 1.82) is 0 Å². The summed E-state index contributed by atoms with van der Waals surface area (Å²) in [6, 6.07) is 20.4. The molecule has 2 N–H and O–H groups in total. The Balaban J connectivity index is 1.48. The van der Waals surface area contributed by atoms with Crippen LogP contribution in [-0.4, -0.2) is 26.0 Å². The average Bonchev–Trinajstić information content (AvgIpc) is 3.17. The molecule has 0 fully saturated rings. The number of aromatic nitrogens is 3. The molecule has 6 nitrogen and oxygen atoms in total. The Hall–Kier alpha value is -3.29. The van der Waals surface area contributed by atoms with E-state index in [9.17, 15) is 4.79 Å². The first-order valence-corrected chi connectivity index (χ1v) is 10.2. The fourth-order valence-electron chi connectivity index (χ4n) is 2.95. The van der Waals surface area contributed by atoms with Crippen LogP contribution in [0.1, 0.15) is 22.8 Å². The molecule has 0 spiro atoms. The van der Waals surface area contributed by atoms with Gasteiger partial charge in [-0.1, -0.05) is 42.8 Å². The minimum absolute atomic E-state index is 0.168. The normalized spacial score (nSPS) is 10.7. The van der Waals surface area contributed by atoms with Gasteiger partial charge in [0.05, 0.1) is 16.3 Å². The molecule has 0 aliphatic heterocycles. The van der Waals surface area contributed by atoms with Crippen molar-refractivity contribution in [2.75, 3.05) is 5.32 Å². The third-order valence-corrected chi connectivity index (χ3v) is 5.09. The minimum atomic E-state index is -0.374. The summed E-state index contributed by atoms with van der Waals surface area (Å²) < 4.78 is 0. The number of amides is 1. The third kappa shape index (κ3) is 4.32. The molecule has 0 aliphatic carbocycles. The van der Waals surface area contributed by atoms with Crippen LogP contribution in [0.25, 0.3) is 16.7 Å². The van der Waals surface area contributed by atoms with Gasteiger partial charge in [0.1, 0.15) is 11.0 Å². The van der Waals surface area contributed by atoms with Crippen LogP contribution in [0.2, 0.25) is 5.02 Å². The van der Waals surface area contributed by atoms with Crippen molar-refractivity contribution >= 4 is 51.6 Å². The Morgan fingerprint density at radius 3 is 2.50 bits per heavy atom. The molecule has 30 heavy (non-hydrogen) atoms. The van der Waals surface area contributed by atoms with Gasteiger partial charge in [0, 0.05) is 5.69 Å². The highest BCUT2D eigenvalue weighted by Gasteiger charge is 2.12. The van der Waals surface area contributed by atoms with E-state index in [1.165, 1.54) is 5.56 Å². The average molecular weight is 436 g/mol. The lowest BCUT2D eigenvalue weighted by molar-refractivity contribution is 0.0978. The molecule has 3 aromatic carbocycles. The molecule has 0 bridgehead atoms. The van der Waals surface area contributed by atoms with Crippen molar-refractivity contribution in [3.63, 3.8) is 0 Å². The van der Waals surface area contributed by atoms with Gasteiger partial charge >= 0.3 is 0 Å². The Morgan fingerprint density at radius 2 is 1.77 bits per heavy atom. The number of hydrogen-bond donors (Lipinski definition) is 2. The molecule has 1 amide bonds. The van der Waals surface area contributed by atoms with Crippen LogP contribution in [-0.2, 0) is 6.42 Å². The highest BCUT2D eigenvalue weighted by Crippen LogP contribution is 2.18. The number of rotatable bonds is 4. The standard InChI is InChI=1S/C22H18ClN5OS/c1-2-14-7-10-16(11-8-14)28-26-19-12-9-15(13-20(19)27-28)24-22(30)25-21(29)17-5-3-4-6-18(17)23/h3-13H,2H2,1H3,(H2,24,25,29,30). The van der Waals surface area contributed by atoms with E-state index in [2.05, 4.69) is 39.9 Å². The molecular weight excluding hydrogens is 418 g/mol. The van der Waals surface area contributed by atoms with Crippen LogP contribution in [0.3, 0.4) is 0 Å². The van der Waals surface area contributed by atoms with E-state index in [1.807, 2.05) is 30.3 Å². The van der Waals surface area contributed by atoms with Gasteiger partial charge in [-0.2, -0.15) is 4.80 Å². The van der Waals surface area contributed by atoms with Crippen LogP contribution >= 0.6 is 23.8 Å². The number of carbonyl (C=O) groups is 1. The summed E-state index contributed by atoms with van der Waals surface area (Å²) in [7, 11) is 0. The number of fused-ring (bicyclic) bond motifs is 1. The topological polar surface area (TPSA) is 71.8 Å². The number of halogens is 1. The fraction of sp³-hybridized carbons (Fsp3) is 0.0909. The van der Waals surface area contributed by atoms with Gasteiger partial charge in [-0.15, -0.1) is 10.2 Å². The highest BCUT2D eigenvalue weighted by molar-refractivity contribution is 7.80. The second-order valence-corrected chi connectivity index (χ2v) is 7.42. The summed E-state index contributed by atoms with van der Waals surface area (Å²) in [5.74, 6) is -0.374. The summed E-state index contributed by atoms with van der Waals surface area (Å²) >= 11 is 11.3. The maximum atomic E-state index is 12.3. The number of benzene rings is 3. The van der Waals surface area contributed by atoms with Crippen molar-refractivity contribution in [2.24, 2.45) is 0 Å². The van der Waals surface area contributed by atoms with Crippen LogP contribution in [0.4, 0.5) is 5.69 Å². The maximum absolute atomic E-state index is 12.3. The number of nitrogens with one attached hydrogen (secondary N) is 2. The van der Waals surface area contributed by atoms with Crippen molar-refractivity contribution in [2.45, 2.75) is 13.3 Å². The summed E-state index contributed by atoms with van der Waals surface area (Å²) in [5, 5.41) is 15.2. The summed E-state index contributed by atoms with van der Waals surface area (Å²) in [6.45, 7) is 2.12. The molecule has 0 saturated heterocycles. The number of thiocarbonyl (C=S) groups is 1. The summed E-state index contributed by atoms with van der Waals surface area (Å²) in [4.78, 5) is 13.9. The molecule has 1 aromatic heterocycles. The third-order valence-electron chi connectivity index (χ3n) is 4.56. The van der Waals surface area contributed by atoms with Gasteiger partial charge in [0.15, 0.2) is 5.11 Å². The molecule has 0 radical (unpaired) electrons. The SMILES string of the molecule is CCc1ccc(-n2nc3ccc(NC(=S)NC(=O)c4ccccc4Cl)cc3n2)cc1. The summed E-state index contributed by atoms with van der Waals surface area (Å²) in [5.41, 5.74) is 4.66. The van der Waals surface area contributed by atoms with Gasteiger partial charge in [0.2, 0.25) is 0 Å². The van der Waals surface area contributed by atoms with Gasteiger partial charge in [-0.3, -0.25) is 10.1 Å². The van der Waals surface area contributed by atoms with E-state index in [-0.39, 0.29) is 11.0 Å². The van der Waals surface area contributed by atoms with Crippen LogP contribution < -0.4 is 10.6 Å². The molecule has 8 heteroatoms. The lowest BCUT2D eigenvalue weighted by atomic mass is 10.2. The second-order valence-electron chi connectivity index (χ2n) is 6.60. The Bertz CT molecular complexity index is 1240. The first-order chi connectivity index (χ1) is 14.5. The van der Waals surface area contributed by atoms with Gasteiger partial charge in [0.25, 0.3) is 5.91 Å². The second kappa shape index (κ2) is 8.61. The minimum Gasteiger partial charge on any atom is -0.332 e. The predicted octanol–water partition coefficient (Wildman–Crippen LogP) is 4.76. The van der Waals surface area contributed by atoms with E-state index in [0.717, 1.165) is 17.6 Å². The number of anilines is 1. The maximum Gasteiger partial charge on any atom is 0.258 e. The first-order valence-electron chi connectivity index (χ1n) is 9.37. The fourth-order valence-corrected chi connectivity index (χ4v) is 3.38. The number of nitrogens with zero attached hydrogens (tertiary/aromatic N) is 3. The van der Waals surface area contributed by atoms with E-state index < -0.39 is 0 Å². The zero-order valence-corrected chi connectivity index (χ0v) is 17.7. The van der Waals surface area contributed by atoms with E-state index in [0.29, 0.717) is 21.8 Å². The van der Waals surface area contributed by atoms with Crippen molar-refractivity contribution in [3.05, 3.63) is 82.9 Å². The lowest BCUT2D eigenvalue weighted by Crippen LogP contribution is -2.34. The predicted molar refractivity (Wildman–Crippen MR) is 123 cm³/mol. The van der Waals surface area contributed by atoms with Crippen LogP contribution in [0.15, 0.2) is 66.7 Å². The monoisotopic (exact) mass is 435 g/mol. The highest BCUT2D eigenvalue weighted by atomic mass is 35.5. The van der Waals surface area contributed by atoms with Crippen LogP contribution in [0, 0.1) is 0 Å². The molecule has 0 aliphatic rings. The molecular formula is C22H18ClN5OS. The Kier molecular flexibility index (Phi) is 5.74. The zero-order chi connectivity index (χ0) is 21.1. The molecule has 4 aromatic rings. The van der Waals surface area contributed by atoms with Crippen molar-refractivity contribution < 1.29 is 4.79 Å². The Morgan fingerprint density at radius 1 is 1.03 bits per heavy atom. The summed E-state index contributed by atoms with van der Waals surface area (Å²) in [6.07, 6.45) is 0.983. The van der Waals surface area contributed by atoms with E-state index in [4.69, 9.17) is 23.8 Å². The Labute approximate surface area is 183 Å². The van der Waals surface area contributed by atoms with Crippen molar-refractivity contribution in [1.82, 2.24) is 20.3 Å². The molecule has 0 saturated carbocycles. The molecule has 1 heterocycles. The van der Waals surface area contributed by atoms with Gasteiger partial charge < -0.3 is 5.32 Å². The zero-order valence-electron chi connectivity index (χ0n) is 16.1. The van der Waals surface area contributed by atoms with Gasteiger partial charge in [-0.05, 0) is 66.7 Å². The molecule has 0 atom stereocenters. The first kappa shape index (κ1) is 20.0. The quantitative estimate of drug-likeness (QED) is 0.452. The molecule has 0 unspecified atom stereocenters. The lowest BCUT2D eigenvalue weighted by Gasteiger charge is -2.10. The van der Waals surface area contributed by atoms with Gasteiger partial charge in [-0.25, -0.2) is 0 Å².